The number of phenolic OH excluding ortho intramolecular Hbond substituents is 1. The van der Waals surface area contributed by atoms with Crippen molar-refractivity contribution in [2.75, 3.05) is 0 Å². The molecule has 3 aromatic rings. The highest BCUT2D eigenvalue weighted by Gasteiger charge is 2.23. The van der Waals surface area contributed by atoms with E-state index in [1.807, 2.05) is 25.1 Å². The molecule has 0 aliphatic carbocycles. The zero-order valence-electron chi connectivity index (χ0n) is 12.8. The van der Waals surface area contributed by atoms with Gasteiger partial charge in [-0.05, 0) is 39.8 Å². The molecule has 1 N–H and O–H groups in total. The van der Waals surface area contributed by atoms with Crippen LogP contribution in [0.4, 0.5) is 0 Å². The fraction of sp³-hybridized carbons (Fsp3) is 0.294. The molecule has 1 aromatic carbocycles. The largest absolute Gasteiger partial charge is 0.508 e. The Morgan fingerprint density at radius 2 is 1.90 bits per heavy atom. The fourth-order valence-corrected chi connectivity index (χ4v) is 2.66. The Morgan fingerprint density at radius 1 is 1.14 bits per heavy atom. The molecule has 0 radical (unpaired) electrons. The van der Waals surface area contributed by atoms with Crippen molar-refractivity contribution in [3.05, 3.63) is 42.2 Å². The monoisotopic (exact) mass is 281 g/mol. The Balaban J connectivity index is 2.40. The number of pyridine rings is 1. The molecule has 0 bridgehead atoms. The van der Waals surface area contributed by atoms with Gasteiger partial charge in [-0.2, -0.15) is 0 Å². The molecule has 0 saturated heterocycles. The first-order valence-corrected chi connectivity index (χ1v) is 7.01. The molecule has 0 aliphatic heterocycles. The maximum absolute atomic E-state index is 9.98. The third kappa shape index (κ3) is 2.17. The summed E-state index contributed by atoms with van der Waals surface area (Å²) >= 11 is 0. The number of hydrogen-bond donors (Lipinski definition) is 1. The number of nitrogens with zero attached hydrogens (tertiary/aromatic N) is 3. The second-order valence-corrected chi connectivity index (χ2v) is 6.26. The van der Waals surface area contributed by atoms with Crippen LogP contribution in [-0.4, -0.2) is 19.6 Å². The molecule has 108 valence electrons. The van der Waals surface area contributed by atoms with Crippen LogP contribution in [0.1, 0.15) is 26.3 Å². The number of aromatic hydroxyl groups is 1. The summed E-state index contributed by atoms with van der Waals surface area (Å²) in [5.41, 5.74) is 3.58. The van der Waals surface area contributed by atoms with E-state index in [0.29, 0.717) is 0 Å². The fourth-order valence-electron chi connectivity index (χ4n) is 2.66. The van der Waals surface area contributed by atoms with Crippen molar-refractivity contribution in [3.8, 4) is 17.1 Å². The minimum Gasteiger partial charge on any atom is -0.508 e. The molecule has 2 aromatic heterocycles. The lowest BCUT2D eigenvalue weighted by molar-refractivity contribution is 0.412. The van der Waals surface area contributed by atoms with Gasteiger partial charge in [0.2, 0.25) is 0 Å². The molecule has 0 unspecified atom stereocenters. The number of hydrogen-bond acceptors (Lipinski definition) is 3. The number of benzene rings is 1. The highest BCUT2D eigenvalue weighted by Crippen LogP contribution is 2.34. The van der Waals surface area contributed by atoms with Crippen molar-refractivity contribution in [2.24, 2.45) is 0 Å². The molecule has 2 heterocycles. The molecule has 0 saturated carbocycles. The molecule has 0 fully saturated rings. The van der Waals surface area contributed by atoms with E-state index < -0.39 is 0 Å². The third-order valence-electron chi connectivity index (χ3n) is 3.67. The van der Waals surface area contributed by atoms with E-state index in [2.05, 4.69) is 30.3 Å². The van der Waals surface area contributed by atoms with Crippen LogP contribution in [0.2, 0.25) is 0 Å². The quantitative estimate of drug-likeness (QED) is 0.736. The van der Waals surface area contributed by atoms with Crippen molar-refractivity contribution in [1.29, 1.82) is 0 Å². The summed E-state index contributed by atoms with van der Waals surface area (Å²) in [6.45, 7) is 8.36. The number of rotatable bonds is 1. The average molecular weight is 281 g/mol. The third-order valence-corrected chi connectivity index (χ3v) is 3.67. The van der Waals surface area contributed by atoms with Crippen LogP contribution >= 0.6 is 0 Å². The van der Waals surface area contributed by atoms with E-state index in [1.165, 1.54) is 0 Å². The summed E-state index contributed by atoms with van der Waals surface area (Å²) in [7, 11) is 0. The van der Waals surface area contributed by atoms with Crippen LogP contribution in [0.3, 0.4) is 0 Å². The van der Waals surface area contributed by atoms with Gasteiger partial charge in [-0.15, -0.1) is 0 Å². The first-order chi connectivity index (χ1) is 9.89. The lowest BCUT2D eigenvalue weighted by atomic mass is 10.0. The van der Waals surface area contributed by atoms with Gasteiger partial charge in [-0.25, -0.2) is 4.98 Å². The van der Waals surface area contributed by atoms with Crippen molar-refractivity contribution < 1.29 is 5.11 Å². The van der Waals surface area contributed by atoms with Crippen molar-refractivity contribution >= 4 is 11.0 Å². The summed E-state index contributed by atoms with van der Waals surface area (Å²) in [5, 5.41) is 9.98. The Bertz CT molecular complexity index is 813. The minimum atomic E-state index is -0.122. The van der Waals surface area contributed by atoms with Gasteiger partial charge in [0.15, 0.2) is 0 Å². The molecule has 21 heavy (non-hydrogen) atoms. The Morgan fingerprint density at radius 3 is 2.62 bits per heavy atom. The number of imidazole rings is 1. The van der Waals surface area contributed by atoms with E-state index in [0.717, 1.165) is 28.0 Å². The SMILES string of the molecule is Cc1c(O)cccc1-c1nc2cnccc2n1C(C)(C)C. The first-order valence-electron chi connectivity index (χ1n) is 7.01. The van der Waals surface area contributed by atoms with Crippen LogP contribution in [0, 0.1) is 6.92 Å². The Hall–Kier alpha value is -2.36. The van der Waals surface area contributed by atoms with E-state index in [1.54, 1.807) is 18.5 Å². The van der Waals surface area contributed by atoms with Gasteiger partial charge < -0.3 is 9.67 Å². The molecule has 0 amide bonds. The molecule has 0 atom stereocenters. The standard InChI is InChI=1S/C17H19N3O/c1-11-12(6-5-7-15(11)21)16-19-13-10-18-9-8-14(13)20(16)17(2,3)4/h5-10,21H,1-4H3. The van der Waals surface area contributed by atoms with Gasteiger partial charge >= 0.3 is 0 Å². The zero-order valence-corrected chi connectivity index (χ0v) is 12.8. The maximum atomic E-state index is 9.98. The Kier molecular flexibility index (Phi) is 2.97. The summed E-state index contributed by atoms with van der Waals surface area (Å²) < 4.78 is 2.20. The van der Waals surface area contributed by atoms with Crippen molar-refractivity contribution in [3.63, 3.8) is 0 Å². The normalized spacial score (nSPS) is 12.0. The molecular weight excluding hydrogens is 262 g/mol. The molecule has 0 aliphatic rings. The van der Waals surface area contributed by atoms with Crippen LogP contribution in [0.25, 0.3) is 22.4 Å². The highest BCUT2D eigenvalue weighted by atomic mass is 16.3. The van der Waals surface area contributed by atoms with Gasteiger partial charge in [0, 0.05) is 22.9 Å². The topological polar surface area (TPSA) is 50.9 Å². The maximum Gasteiger partial charge on any atom is 0.142 e. The van der Waals surface area contributed by atoms with Crippen LogP contribution < -0.4 is 0 Å². The predicted molar refractivity (Wildman–Crippen MR) is 84.4 cm³/mol. The zero-order chi connectivity index (χ0) is 15.2. The van der Waals surface area contributed by atoms with Gasteiger partial charge in [0.25, 0.3) is 0 Å². The minimum absolute atomic E-state index is 0.122. The van der Waals surface area contributed by atoms with Gasteiger partial charge in [0.1, 0.15) is 17.1 Å². The smallest absolute Gasteiger partial charge is 0.142 e. The summed E-state index contributed by atoms with van der Waals surface area (Å²) in [4.78, 5) is 8.90. The van der Waals surface area contributed by atoms with E-state index in [9.17, 15) is 5.11 Å². The van der Waals surface area contributed by atoms with Gasteiger partial charge in [-0.3, -0.25) is 4.98 Å². The molecule has 3 rings (SSSR count). The first kappa shape index (κ1) is 13.6. The van der Waals surface area contributed by atoms with Crippen molar-refractivity contribution in [2.45, 2.75) is 33.2 Å². The van der Waals surface area contributed by atoms with Crippen LogP contribution in [-0.2, 0) is 5.54 Å². The summed E-state index contributed by atoms with van der Waals surface area (Å²) in [6, 6.07) is 7.52. The lowest BCUT2D eigenvalue weighted by Gasteiger charge is -2.25. The predicted octanol–water partition coefficient (Wildman–Crippen LogP) is 3.87. The van der Waals surface area contributed by atoms with Crippen LogP contribution in [0.15, 0.2) is 36.7 Å². The summed E-state index contributed by atoms with van der Waals surface area (Å²) in [5.74, 6) is 1.15. The van der Waals surface area contributed by atoms with E-state index in [4.69, 9.17) is 4.98 Å². The number of aromatic nitrogens is 3. The highest BCUT2D eigenvalue weighted by molar-refractivity contribution is 5.81. The molecule has 0 spiro atoms. The molecule has 4 nitrogen and oxygen atoms in total. The number of phenols is 1. The lowest BCUT2D eigenvalue weighted by Crippen LogP contribution is -2.22. The second kappa shape index (κ2) is 4.58. The average Bonchev–Trinajstić information content (AvgIpc) is 2.80. The molecular formula is C17H19N3O. The number of fused-ring (bicyclic) bond motifs is 1. The van der Waals surface area contributed by atoms with Crippen LogP contribution in [0.5, 0.6) is 5.75 Å². The second-order valence-electron chi connectivity index (χ2n) is 6.26. The summed E-state index contributed by atoms with van der Waals surface area (Å²) in [6.07, 6.45) is 3.56. The molecule has 4 heteroatoms. The van der Waals surface area contributed by atoms with Crippen molar-refractivity contribution in [1.82, 2.24) is 14.5 Å². The van der Waals surface area contributed by atoms with E-state index >= 15 is 0 Å². The Labute approximate surface area is 124 Å². The van der Waals surface area contributed by atoms with Gasteiger partial charge in [0.05, 0.1) is 11.7 Å². The van der Waals surface area contributed by atoms with Gasteiger partial charge in [-0.1, -0.05) is 12.1 Å². The van der Waals surface area contributed by atoms with E-state index in [-0.39, 0.29) is 11.3 Å².